The van der Waals surface area contributed by atoms with Crippen molar-refractivity contribution in [2.24, 2.45) is 0 Å². The van der Waals surface area contributed by atoms with E-state index in [1.54, 1.807) is 0 Å². The molecule has 0 unspecified atom stereocenters. The van der Waals surface area contributed by atoms with Crippen LogP contribution in [-0.4, -0.2) is 11.0 Å². The smallest absolute Gasteiger partial charge is 0.105 e. The van der Waals surface area contributed by atoms with Crippen LogP contribution in [-0.2, 0) is 19.6 Å². The monoisotopic (exact) mass is 538 g/mol. The summed E-state index contributed by atoms with van der Waals surface area (Å²) < 4.78 is 1.08. The van der Waals surface area contributed by atoms with Crippen molar-refractivity contribution in [3.8, 4) is 0 Å². The van der Waals surface area contributed by atoms with Crippen molar-refractivity contribution >= 4 is 0 Å². The van der Waals surface area contributed by atoms with E-state index < -0.39 is 0 Å². The molecule has 0 fully saturated rings. The summed E-state index contributed by atoms with van der Waals surface area (Å²) in [6, 6.07) is 33.4. The highest BCUT2D eigenvalue weighted by molar-refractivity contribution is 5.17. The van der Waals surface area contributed by atoms with Crippen LogP contribution < -0.4 is 0 Å². The molecule has 3 aromatic rings. The number of allylic oxidation sites excluding steroid dienone is 2. The molecule has 0 aliphatic heterocycles. The van der Waals surface area contributed by atoms with Crippen LogP contribution in [0.15, 0.2) is 103 Å². The number of hydrogen-bond donors (Lipinski definition) is 0. The van der Waals surface area contributed by atoms with Crippen molar-refractivity contribution in [1.82, 2.24) is 0 Å². The number of unbranched alkanes of at least 4 members (excludes halogenated alkanes) is 12. The fourth-order valence-corrected chi connectivity index (χ4v) is 6.01. The Kier molecular flexibility index (Phi) is 16.2. The molecule has 1 heteroatoms. The highest BCUT2D eigenvalue weighted by atomic mass is 15.3. The van der Waals surface area contributed by atoms with Gasteiger partial charge in [-0.05, 0) is 38.5 Å². The maximum Gasteiger partial charge on any atom is 0.105 e. The quantitative estimate of drug-likeness (QED) is 0.0678. The first-order valence-electron chi connectivity index (χ1n) is 16.4. The summed E-state index contributed by atoms with van der Waals surface area (Å²) in [4.78, 5) is 0. The number of hydrogen-bond acceptors (Lipinski definition) is 0. The van der Waals surface area contributed by atoms with Crippen molar-refractivity contribution in [2.75, 3.05) is 6.54 Å². The van der Waals surface area contributed by atoms with Gasteiger partial charge in [-0.2, -0.15) is 0 Å². The van der Waals surface area contributed by atoms with E-state index in [1.165, 1.54) is 113 Å². The Labute approximate surface area is 246 Å². The molecule has 0 saturated carbocycles. The number of benzene rings is 3. The fraction of sp³-hybridized carbons (Fsp3) is 0.487. The van der Waals surface area contributed by atoms with E-state index in [2.05, 4.69) is 110 Å². The Morgan fingerprint density at radius 2 is 0.775 bits per heavy atom. The third-order valence-electron chi connectivity index (χ3n) is 8.23. The fourth-order valence-electron chi connectivity index (χ4n) is 6.01. The zero-order valence-electron chi connectivity index (χ0n) is 25.5. The Morgan fingerprint density at radius 3 is 1.18 bits per heavy atom. The first kappa shape index (κ1) is 31.9. The number of nitrogens with zero attached hydrogens (tertiary/aromatic N) is 1. The van der Waals surface area contributed by atoms with E-state index in [0.717, 1.165) is 24.1 Å². The van der Waals surface area contributed by atoms with E-state index in [9.17, 15) is 0 Å². The number of rotatable bonds is 22. The van der Waals surface area contributed by atoms with E-state index in [-0.39, 0.29) is 0 Å². The Morgan fingerprint density at radius 1 is 0.425 bits per heavy atom. The SMILES string of the molecule is CCCCCCCCCC/C=C/CCCCCC[N+](Cc1ccccc1)(Cc1ccccc1)Cc1ccccc1. The topological polar surface area (TPSA) is 0 Å². The summed E-state index contributed by atoms with van der Waals surface area (Å²) in [5.41, 5.74) is 4.32. The van der Waals surface area contributed by atoms with Gasteiger partial charge in [0, 0.05) is 16.7 Å². The summed E-state index contributed by atoms with van der Waals surface area (Å²) in [7, 11) is 0. The molecule has 3 rings (SSSR count). The van der Waals surface area contributed by atoms with Gasteiger partial charge in [0.1, 0.15) is 19.6 Å². The maximum absolute atomic E-state index is 2.45. The van der Waals surface area contributed by atoms with Crippen LogP contribution in [0.1, 0.15) is 114 Å². The second-order valence-corrected chi connectivity index (χ2v) is 11.9. The first-order valence-corrected chi connectivity index (χ1v) is 16.4. The Hall–Kier alpha value is -2.64. The van der Waals surface area contributed by atoms with Gasteiger partial charge in [-0.1, -0.05) is 161 Å². The molecule has 0 heterocycles. The molecule has 0 amide bonds. The molecule has 0 spiro atoms. The van der Waals surface area contributed by atoms with Crippen LogP contribution in [0.5, 0.6) is 0 Å². The van der Waals surface area contributed by atoms with Gasteiger partial charge in [0.15, 0.2) is 0 Å². The van der Waals surface area contributed by atoms with E-state index in [0.29, 0.717) is 0 Å². The highest BCUT2D eigenvalue weighted by Gasteiger charge is 2.28. The minimum Gasteiger partial charge on any atom is -0.312 e. The van der Waals surface area contributed by atoms with Crippen LogP contribution in [0.25, 0.3) is 0 Å². The van der Waals surface area contributed by atoms with Gasteiger partial charge in [0.25, 0.3) is 0 Å². The van der Waals surface area contributed by atoms with Crippen molar-refractivity contribution in [3.63, 3.8) is 0 Å². The van der Waals surface area contributed by atoms with E-state index in [4.69, 9.17) is 0 Å². The van der Waals surface area contributed by atoms with E-state index in [1.807, 2.05) is 0 Å². The summed E-state index contributed by atoms with van der Waals surface area (Å²) in [6.45, 7) is 6.74. The molecule has 0 aromatic heterocycles. The highest BCUT2D eigenvalue weighted by Crippen LogP contribution is 2.26. The molecule has 1 nitrogen and oxygen atoms in total. The summed E-state index contributed by atoms with van der Waals surface area (Å²) >= 11 is 0. The molecule has 40 heavy (non-hydrogen) atoms. The Balaban J connectivity index is 1.45. The number of quaternary nitrogens is 1. The lowest BCUT2D eigenvalue weighted by Gasteiger charge is -2.39. The van der Waals surface area contributed by atoms with Crippen molar-refractivity contribution < 1.29 is 4.48 Å². The average Bonchev–Trinajstić information content (AvgIpc) is 2.98. The summed E-state index contributed by atoms with van der Waals surface area (Å²) in [6.07, 6.45) is 24.0. The Bertz CT molecular complexity index is 907. The summed E-state index contributed by atoms with van der Waals surface area (Å²) in [5.74, 6) is 0. The lowest BCUT2D eigenvalue weighted by atomic mass is 10.0. The normalized spacial score (nSPS) is 11.8. The maximum atomic E-state index is 2.45. The van der Waals surface area contributed by atoms with Crippen LogP contribution >= 0.6 is 0 Å². The predicted octanol–water partition coefficient (Wildman–Crippen LogP) is 11.4. The van der Waals surface area contributed by atoms with Gasteiger partial charge in [0.2, 0.25) is 0 Å². The third kappa shape index (κ3) is 13.6. The van der Waals surface area contributed by atoms with Gasteiger partial charge < -0.3 is 4.48 Å². The van der Waals surface area contributed by atoms with Crippen molar-refractivity contribution in [1.29, 1.82) is 0 Å². The minimum atomic E-state index is 1.08. The molecular formula is C39H56N+. The van der Waals surface area contributed by atoms with Crippen LogP contribution in [0.4, 0.5) is 0 Å². The third-order valence-corrected chi connectivity index (χ3v) is 8.23. The van der Waals surface area contributed by atoms with Crippen LogP contribution in [0, 0.1) is 0 Å². The van der Waals surface area contributed by atoms with E-state index >= 15 is 0 Å². The zero-order chi connectivity index (χ0) is 28.0. The lowest BCUT2D eigenvalue weighted by Crippen LogP contribution is -2.46. The van der Waals surface area contributed by atoms with Crippen molar-refractivity contribution in [3.05, 3.63) is 120 Å². The zero-order valence-corrected chi connectivity index (χ0v) is 25.5. The molecular weight excluding hydrogens is 482 g/mol. The lowest BCUT2D eigenvalue weighted by molar-refractivity contribution is -0.966. The minimum absolute atomic E-state index is 1.08. The first-order chi connectivity index (χ1) is 19.8. The second-order valence-electron chi connectivity index (χ2n) is 11.9. The van der Waals surface area contributed by atoms with Gasteiger partial charge >= 0.3 is 0 Å². The second kappa shape index (κ2) is 20.3. The molecule has 0 atom stereocenters. The van der Waals surface area contributed by atoms with Gasteiger partial charge in [-0.25, -0.2) is 0 Å². The van der Waals surface area contributed by atoms with Crippen LogP contribution in [0.2, 0.25) is 0 Å². The molecule has 0 N–H and O–H groups in total. The standard InChI is InChI=1S/C39H56N/c1-2-3-4-5-6-7-8-9-10-11-12-13-14-15-16-26-33-40(34-37-27-20-17-21-28-37,35-38-29-22-18-23-30-38)36-39-31-24-19-25-32-39/h11-12,17-25,27-32H,2-10,13-16,26,33-36H2,1H3/q+1/b12-11+. The molecule has 0 aliphatic carbocycles. The molecule has 0 bridgehead atoms. The van der Waals surface area contributed by atoms with Crippen LogP contribution in [0.3, 0.4) is 0 Å². The molecule has 3 aromatic carbocycles. The predicted molar refractivity (Wildman–Crippen MR) is 175 cm³/mol. The molecule has 216 valence electrons. The van der Waals surface area contributed by atoms with Crippen molar-refractivity contribution in [2.45, 2.75) is 116 Å². The molecule has 0 saturated heterocycles. The molecule has 0 aliphatic rings. The largest absolute Gasteiger partial charge is 0.312 e. The molecule has 0 radical (unpaired) electrons. The summed E-state index contributed by atoms with van der Waals surface area (Å²) in [5, 5.41) is 0. The van der Waals surface area contributed by atoms with Gasteiger partial charge in [0.05, 0.1) is 6.54 Å². The average molecular weight is 539 g/mol. The van der Waals surface area contributed by atoms with Gasteiger partial charge in [-0.3, -0.25) is 0 Å². The van der Waals surface area contributed by atoms with Gasteiger partial charge in [-0.15, -0.1) is 0 Å².